The maximum atomic E-state index is 13.4. The zero-order chi connectivity index (χ0) is 25.0. The summed E-state index contributed by atoms with van der Waals surface area (Å²) in [6, 6.07) is 20.0. The molecule has 5 aromatic rings. The summed E-state index contributed by atoms with van der Waals surface area (Å²) in [5, 5.41) is 23.6. The van der Waals surface area contributed by atoms with E-state index in [4.69, 9.17) is 8.83 Å². The molecular formula is C27H16N2O7. The highest BCUT2D eigenvalue weighted by Gasteiger charge is 2.45. The van der Waals surface area contributed by atoms with Crippen LogP contribution in [0.15, 0.2) is 105 Å². The molecule has 176 valence electrons. The van der Waals surface area contributed by atoms with Gasteiger partial charge in [0.2, 0.25) is 5.78 Å². The normalized spacial score (nSPS) is 15.8. The van der Waals surface area contributed by atoms with Crippen molar-refractivity contribution < 1.29 is 28.5 Å². The topological polar surface area (TPSA) is 127 Å². The lowest BCUT2D eigenvalue weighted by Gasteiger charge is -2.26. The molecule has 0 spiro atoms. The van der Waals surface area contributed by atoms with Crippen molar-refractivity contribution >= 4 is 45.0 Å². The number of hydrogen-bond donors (Lipinski definition) is 1. The Morgan fingerprint density at radius 3 is 2.42 bits per heavy atom. The first-order chi connectivity index (χ1) is 17.4. The molecular weight excluding hydrogens is 464 g/mol. The van der Waals surface area contributed by atoms with Crippen LogP contribution in [0.5, 0.6) is 0 Å². The molecule has 0 radical (unpaired) electrons. The molecule has 0 aliphatic carbocycles. The monoisotopic (exact) mass is 480 g/mol. The Morgan fingerprint density at radius 2 is 1.69 bits per heavy atom. The highest BCUT2D eigenvalue weighted by Crippen LogP contribution is 2.43. The van der Waals surface area contributed by atoms with Crippen LogP contribution in [0.4, 0.5) is 11.4 Å². The number of rotatable bonds is 5. The van der Waals surface area contributed by atoms with E-state index in [-0.39, 0.29) is 17.0 Å². The van der Waals surface area contributed by atoms with E-state index in [2.05, 4.69) is 0 Å². The second kappa shape index (κ2) is 7.95. The molecule has 1 atom stereocenters. The molecule has 0 saturated heterocycles. The van der Waals surface area contributed by atoms with Gasteiger partial charge in [0.25, 0.3) is 11.6 Å². The first-order valence-corrected chi connectivity index (χ1v) is 10.9. The van der Waals surface area contributed by atoms with Gasteiger partial charge in [-0.1, -0.05) is 18.2 Å². The molecule has 9 heteroatoms. The number of amides is 1. The summed E-state index contributed by atoms with van der Waals surface area (Å²) in [4.78, 5) is 38.7. The lowest BCUT2D eigenvalue weighted by Crippen LogP contribution is -2.31. The van der Waals surface area contributed by atoms with Gasteiger partial charge in [-0.15, -0.1) is 0 Å². The van der Waals surface area contributed by atoms with Crippen LogP contribution in [0.25, 0.3) is 21.9 Å². The number of aliphatic hydroxyl groups excluding tert-OH is 1. The molecule has 3 heterocycles. The number of nitrogens with zero attached hydrogens (tertiary/aromatic N) is 2. The Balaban J connectivity index is 1.53. The molecule has 3 aromatic carbocycles. The van der Waals surface area contributed by atoms with Gasteiger partial charge in [0, 0.05) is 28.6 Å². The van der Waals surface area contributed by atoms with Crippen molar-refractivity contribution in [2.75, 3.05) is 4.90 Å². The summed E-state index contributed by atoms with van der Waals surface area (Å²) in [7, 11) is 0. The number of hydrogen-bond acceptors (Lipinski definition) is 7. The van der Waals surface area contributed by atoms with Crippen molar-refractivity contribution in [3.8, 4) is 0 Å². The predicted molar refractivity (Wildman–Crippen MR) is 130 cm³/mol. The fourth-order valence-electron chi connectivity index (χ4n) is 4.60. The van der Waals surface area contributed by atoms with E-state index in [0.29, 0.717) is 22.4 Å². The molecule has 2 aromatic heterocycles. The number of ketones is 1. The minimum absolute atomic E-state index is 0.0469. The quantitative estimate of drug-likeness (QED) is 0.189. The maximum absolute atomic E-state index is 13.4. The molecule has 1 aliphatic rings. The summed E-state index contributed by atoms with van der Waals surface area (Å²) in [5.41, 5.74) is 1.79. The number of non-ortho nitro benzene ring substituents is 1. The standard InChI is InChI=1S/C27H16N2O7/c30-25(22-6-3-13-35-22)23-24(15-7-9-16(10-8-15)29(33)34)28(27(32)26(23)31)17-11-12-21-19(14-17)18-4-1-2-5-20(18)36-21/h1-14,24,31H. The van der Waals surface area contributed by atoms with Crippen LogP contribution in [0.2, 0.25) is 0 Å². The van der Waals surface area contributed by atoms with Crippen molar-refractivity contribution in [2.45, 2.75) is 6.04 Å². The number of furan rings is 2. The predicted octanol–water partition coefficient (Wildman–Crippen LogP) is 5.87. The third-order valence-corrected chi connectivity index (χ3v) is 6.26. The van der Waals surface area contributed by atoms with E-state index in [0.717, 1.165) is 10.8 Å². The van der Waals surface area contributed by atoms with Crippen LogP contribution in [0.1, 0.15) is 22.2 Å². The van der Waals surface area contributed by atoms with E-state index < -0.39 is 28.4 Å². The summed E-state index contributed by atoms with van der Waals surface area (Å²) < 4.78 is 11.1. The number of anilines is 1. The zero-order valence-electron chi connectivity index (χ0n) is 18.5. The first kappa shape index (κ1) is 21.4. The van der Waals surface area contributed by atoms with Crippen molar-refractivity contribution in [3.63, 3.8) is 0 Å². The average molecular weight is 480 g/mol. The molecule has 1 N–H and O–H groups in total. The molecule has 0 bridgehead atoms. The molecule has 6 rings (SSSR count). The van der Waals surface area contributed by atoms with E-state index in [1.165, 1.54) is 47.6 Å². The molecule has 1 amide bonds. The smallest absolute Gasteiger partial charge is 0.294 e. The summed E-state index contributed by atoms with van der Waals surface area (Å²) in [6.45, 7) is 0. The van der Waals surface area contributed by atoms with Gasteiger partial charge in [0.05, 0.1) is 22.8 Å². The van der Waals surface area contributed by atoms with Gasteiger partial charge >= 0.3 is 0 Å². The molecule has 9 nitrogen and oxygen atoms in total. The second-order valence-corrected chi connectivity index (χ2v) is 8.27. The molecule has 0 fully saturated rings. The lowest BCUT2D eigenvalue weighted by molar-refractivity contribution is -0.384. The zero-order valence-corrected chi connectivity index (χ0v) is 18.5. The van der Waals surface area contributed by atoms with Gasteiger partial charge < -0.3 is 13.9 Å². The maximum Gasteiger partial charge on any atom is 0.294 e. The lowest BCUT2D eigenvalue weighted by atomic mass is 9.94. The van der Waals surface area contributed by atoms with E-state index in [1.807, 2.05) is 24.3 Å². The van der Waals surface area contributed by atoms with E-state index in [1.54, 1.807) is 18.2 Å². The Hall–Kier alpha value is -5.18. The number of nitro groups is 1. The van der Waals surface area contributed by atoms with Gasteiger partial charge in [-0.25, -0.2) is 0 Å². The number of fused-ring (bicyclic) bond motifs is 3. The van der Waals surface area contributed by atoms with Crippen molar-refractivity contribution in [1.29, 1.82) is 0 Å². The molecule has 36 heavy (non-hydrogen) atoms. The summed E-state index contributed by atoms with van der Waals surface area (Å²) in [5.74, 6) is -2.20. The van der Waals surface area contributed by atoms with Crippen LogP contribution in [0.3, 0.4) is 0 Å². The number of benzene rings is 3. The SMILES string of the molecule is O=C(C1=C(O)C(=O)N(c2ccc3oc4ccccc4c3c2)C1c1ccc([N+](=O)[O-])cc1)c1ccco1. The number of nitro benzene ring substituents is 1. The van der Waals surface area contributed by atoms with Crippen LogP contribution in [-0.2, 0) is 4.79 Å². The van der Waals surface area contributed by atoms with Crippen LogP contribution >= 0.6 is 0 Å². The van der Waals surface area contributed by atoms with Gasteiger partial charge in [0.15, 0.2) is 11.5 Å². The van der Waals surface area contributed by atoms with Gasteiger partial charge in [-0.05, 0) is 54.1 Å². The van der Waals surface area contributed by atoms with Gasteiger partial charge in [-0.3, -0.25) is 24.6 Å². The summed E-state index contributed by atoms with van der Waals surface area (Å²) in [6.07, 6.45) is 1.32. The fraction of sp³-hybridized carbons (Fsp3) is 0.0370. The van der Waals surface area contributed by atoms with Gasteiger partial charge in [0.1, 0.15) is 11.2 Å². The Morgan fingerprint density at radius 1 is 0.944 bits per heavy atom. The first-order valence-electron chi connectivity index (χ1n) is 10.9. The van der Waals surface area contributed by atoms with Crippen molar-refractivity contribution in [3.05, 3.63) is 118 Å². The van der Waals surface area contributed by atoms with Crippen LogP contribution in [0, 0.1) is 10.1 Å². The Kier molecular flexibility index (Phi) is 4.72. The minimum atomic E-state index is -1.05. The number of Topliss-reactive ketones (excluding diaryl/α,β-unsaturated/α-hetero) is 1. The number of carbonyl (C=O) groups is 2. The van der Waals surface area contributed by atoms with Crippen molar-refractivity contribution in [2.24, 2.45) is 0 Å². The number of aliphatic hydroxyl groups is 1. The third-order valence-electron chi connectivity index (χ3n) is 6.26. The summed E-state index contributed by atoms with van der Waals surface area (Å²) >= 11 is 0. The van der Waals surface area contributed by atoms with E-state index >= 15 is 0 Å². The molecule has 1 unspecified atom stereocenters. The number of carbonyl (C=O) groups excluding carboxylic acids is 2. The fourth-order valence-corrected chi connectivity index (χ4v) is 4.60. The largest absolute Gasteiger partial charge is 0.503 e. The average Bonchev–Trinajstić information content (AvgIpc) is 3.61. The molecule has 1 aliphatic heterocycles. The highest BCUT2D eigenvalue weighted by atomic mass is 16.6. The highest BCUT2D eigenvalue weighted by molar-refractivity contribution is 6.20. The molecule has 0 saturated carbocycles. The van der Waals surface area contributed by atoms with Gasteiger partial charge in [-0.2, -0.15) is 0 Å². The Bertz CT molecular complexity index is 1710. The third kappa shape index (κ3) is 3.17. The van der Waals surface area contributed by atoms with Crippen molar-refractivity contribution in [1.82, 2.24) is 0 Å². The number of para-hydroxylation sites is 1. The van der Waals surface area contributed by atoms with Crippen LogP contribution in [-0.4, -0.2) is 21.7 Å². The minimum Gasteiger partial charge on any atom is -0.503 e. The van der Waals surface area contributed by atoms with Crippen LogP contribution < -0.4 is 4.90 Å². The Labute approximate surface area is 202 Å². The van der Waals surface area contributed by atoms with E-state index in [9.17, 15) is 24.8 Å². The second-order valence-electron chi connectivity index (χ2n) is 8.27.